The van der Waals surface area contributed by atoms with Gasteiger partial charge in [-0.1, -0.05) is 53.5 Å². The molecule has 1 aromatic rings. The zero-order valence-electron chi connectivity index (χ0n) is 14.5. The van der Waals surface area contributed by atoms with E-state index in [1.165, 1.54) is 12.1 Å². The molecule has 2 rings (SSSR count). The van der Waals surface area contributed by atoms with Gasteiger partial charge in [-0.3, -0.25) is 4.79 Å². The first-order chi connectivity index (χ1) is 12.8. The molecule has 0 aromatic heterocycles. The van der Waals surface area contributed by atoms with E-state index >= 15 is 0 Å². The Morgan fingerprint density at radius 1 is 1.11 bits per heavy atom. The number of benzene rings is 1. The Labute approximate surface area is 174 Å². The second kappa shape index (κ2) is 8.51. The lowest BCUT2D eigenvalue weighted by Crippen LogP contribution is -2.39. The van der Waals surface area contributed by atoms with Gasteiger partial charge in [-0.05, 0) is 37.0 Å². The minimum absolute atomic E-state index is 0.174. The van der Waals surface area contributed by atoms with Gasteiger partial charge in [-0.25, -0.2) is 4.79 Å². The highest BCUT2D eigenvalue weighted by molar-refractivity contribution is 6.67. The zero-order valence-corrected chi connectivity index (χ0v) is 16.7. The van der Waals surface area contributed by atoms with Crippen molar-refractivity contribution < 1.29 is 32.2 Å². The van der Waals surface area contributed by atoms with E-state index < -0.39 is 46.1 Å². The van der Waals surface area contributed by atoms with E-state index in [0.29, 0.717) is 18.4 Å². The number of rotatable bonds is 6. The molecule has 4 nitrogen and oxygen atoms in total. The summed E-state index contributed by atoms with van der Waals surface area (Å²) in [5, 5.41) is 0. The van der Waals surface area contributed by atoms with Crippen LogP contribution in [0.15, 0.2) is 36.4 Å². The van der Waals surface area contributed by atoms with Crippen LogP contribution < -0.4 is 0 Å². The lowest BCUT2D eigenvalue weighted by molar-refractivity contribution is -0.168. The normalized spacial score (nSPS) is 16.1. The monoisotopic (exact) mass is 458 g/mol. The Morgan fingerprint density at radius 3 is 2.11 bits per heavy atom. The fourth-order valence-corrected chi connectivity index (χ4v) is 2.78. The average Bonchev–Trinajstić information content (AvgIpc) is 2.54. The van der Waals surface area contributed by atoms with Crippen molar-refractivity contribution in [2.45, 2.75) is 41.3 Å². The highest BCUT2D eigenvalue weighted by Crippen LogP contribution is 2.46. The minimum Gasteiger partial charge on any atom is -0.461 e. The molecule has 1 aromatic carbocycles. The molecule has 1 fully saturated rings. The summed E-state index contributed by atoms with van der Waals surface area (Å²) in [6, 6.07) is 4.44. The Balaban J connectivity index is 2.00. The highest BCUT2D eigenvalue weighted by atomic mass is 35.6. The van der Waals surface area contributed by atoms with Crippen LogP contribution in [0.5, 0.6) is 0 Å². The topological polar surface area (TPSA) is 52.6 Å². The Kier molecular flexibility index (Phi) is 6.94. The van der Waals surface area contributed by atoms with E-state index in [2.05, 4.69) is 6.58 Å². The first-order valence-corrected chi connectivity index (χ1v) is 9.27. The molecule has 154 valence electrons. The maximum atomic E-state index is 12.7. The van der Waals surface area contributed by atoms with Crippen molar-refractivity contribution in [1.29, 1.82) is 0 Å². The van der Waals surface area contributed by atoms with Gasteiger partial charge in [0, 0.05) is 5.57 Å². The second-order valence-corrected chi connectivity index (χ2v) is 8.88. The molecule has 0 N–H and O–H groups in total. The first-order valence-electron chi connectivity index (χ1n) is 8.14. The van der Waals surface area contributed by atoms with Gasteiger partial charge in [0.1, 0.15) is 12.2 Å². The van der Waals surface area contributed by atoms with Crippen molar-refractivity contribution >= 4 is 46.7 Å². The summed E-state index contributed by atoms with van der Waals surface area (Å²) in [6.45, 7) is 3.01. The Morgan fingerprint density at radius 2 is 1.68 bits per heavy atom. The Hall–Kier alpha value is -1.44. The summed E-state index contributed by atoms with van der Waals surface area (Å²) in [6.07, 6.45) is -3.28. The molecule has 0 bridgehead atoms. The maximum Gasteiger partial charge on any atom is 0.416 e. The number of hydrogen-bond donors (Lipinski definition) is 0. The molecular weight excluding hydrogens is 444 g/mol. The van der Waals surface area contributed by atoms with E-state index in [-0.39, 0.29) is 5.57 Å². The van der Waals surface area contributed by atoms with Crippen LogP contribution in [-0.4, -0.2) is 22.3 Å². The van der Waals surface area contributed by atoms with E-state index in [0.717, 1.165) is 18.6 Å². The summed E-state index contributed by atoms with van der Waals surface area (Å²) >= 11 is 16.4. The summed E-state index contributed by atoms with van der Waals surface area (Å²) in [5.74, 6) is -1.67. The summed E-state index contributed by atoms with van der Waals surface area (Å²) in [5.41, 5.74) is -1.55. The molecule has 0 unspecified atom stereocenters. The molecular formula is C18H16Cl3F3O4. The van der Waals surface area contributed by atoms with Gasteiger partial charge < -0.3 is 9.47 Å². The van der Waals surface area contributed by atoms with Crippen LogP contribution in [0, 0.1) is 0 Å². The fraction of sp³-hybridized carbons (Fsp3) is 0.444. The van der Waals surface area contributed by atoms with Gasteiger partial charge in [-0.15, -0.1) is 0 Å². The van der Waals surface area contributed by atoms with Gasteiger partial charge in [0.15, 0.2) is 0 Å². The number of carbonyl (C=O) groups is 2. The van der Waals surface area contributed by atoms with Gasteiger partial charge in [-0.2, -0.15) is 13.2 Å². The van der Waals surface area contributed by atoms with Gasteiger partial charge >= 0.3 is 18.1 Å². The molecule has 0 amide bonds. The van der Waals surface area contributed by atoms with Crippen molar-refractivity contribution in [1.82, 2.24) is 0 Å². The van der Waals surface area contributed by atoms with E-state index in [4.69, 9.17) is 44.3 Å². The number of hydrogen-bond acceptors (Lipinski definition) is 4. The fourth-order valence-electron chi connectivity index (χ4n) is 2.62. The number of alkyl halides is 6. The molecule has 0 atom stereocenters. The van der Waals surface area contributed by atoms with Crippen molar-refractivity contribution in [3.8, 4) is 0 Å². The molecule has 1 saturated carbocycles. The predicted octanol–water partition coefficient (Wildman–Crippen LogP) is 5.49. The zero-order chi connectivity index (χ0) is 21.2. The second-order valence-electron chi connectivity index (χ2n) is 6.37. The van der Waals surface area contributed by atoms with Gasteiger partial charge in [0.2, 0.25) is 3.79 Å². The van der Waals surface area contributed by atoms with Crippen molar-refractivity contribution in [3.05, 3.63) is 47.5 Å². The van der Waals surface area contributed by atoms with Crippen LogP contribution in [0.2, 0.25) is 0 Å². The van der Waals surface area contributed by atoms with Crippen LogP contribution in [0.25, 0.3) is 0 Å². The molecule has 0 spiro atoms. The third-order valence-electron chi connectivity index (χ3n) is 4.23. The van der Waals surface area contributed by atoms with Crippen molar-refractivity contribution in [2.75, 3.05) is 6.61 Å². The van der Waals surface area contributed by atoms with Crippen molar-refractivity contribution in [3.63, 3.8) is 0 Å². The Bertz CT molecular complexity index is 751. The number of halogens is 6. The standard InChI is InChI=1S/C18H16Cl3F3O4/c1-11(9-14(25)27-10-17(19,20)21)15(26)28-16(7-2-8-16)12-3-5-13(6-4-12)18(22,23)24/h3-6H,1-2,7-10H2. The van der Waals surface area contributed by atoms with E-state index in [1.807, 2.05) is 0 Å². The molecule has 0 radical (unpaired) electrons. The van der Waals surface area contributed by atoms with E-state index in [1.54, 1.807) is 0 Å². The molecule has 1 aliphatic rings. The number of esters is 2. The highest BCUT2D eigenvalue weighted by Gasteiger charge is 2.43. The largest absolute Gasteiger partial charge is 0.461 e. The van der Waals surface area contributed by atoms with Crippen LogP contribution in [0.3, 0.4) is 0 Å². The third kappa shape index (κ3) is 6.03. The summed E-state index contributed by atoms with van der Waals surface area (Å²) in [7, 11) is 0. The van der Waals surface area contributed by atoms with Crippen molar-refractivity contribution in [2.24, 2.45) is 0 Å². The third-order valence-corrected chi connectivity index (χ3v) is 4.56. The predicted molar refractivity (Wildman–Crippen MR) is 98.1 cm³/mol. The SMILES string of the molecule is C=C(CC(=O)OCC(Cl)(Cl)Cl)C(=O)OC1(c2ccc(C(F)(F)F)cc2)CCC1. The van der Waals surface area contributed by atoms with Gasteiger partial charge in [0.05, 0.1) is 12.0 Å². The van der Waals surface area contributed by atoms with E-state index in [9.17, 15) is 22.8 Å². The van der Waals surface area contributed by atoms with Crippen LogP contribution in [0.4, 0.5) is 13.2 Å². The lowest BCUT2D eigenvalue weighted by atomic mass is 9.74. The first kappa shape index (κ1) is 22.8. The van der Waals surface area contributed by atoms with Crippen LogP contribution in [0.1, 0.15) is 36.8 Å². The molecule has 10 heteroatoms. The smallest absolute Gasteiger partial charge is 0.416 e. The number of ether oxygens (including phenoxy) is 2. The average molecular weight is 460 g/mol. The molecule has 0 aliphatic heterocycles. The van der Waals surface area contributed by atoms with Crippen LogP contribution >= 0.6 is 34.8 Å². The molecule has 28 heavy (non-hydrogen) atoms. The van der Waals surface area contributed by atoms with Crippen LogP contribution in [-0.2, 0) is 30.8 Å². The summed E-state index contributed by atoms with van der Waals surface area (Å²) < 4.78 is 46.6. The quantitative estimate of drug-likeness (QED) is 0.321. The number of carbonyl (C=O) groups excluding carboxylic acids is 2. The summed E-state index contributed by atoms with van der Waals surface area (Å²) in [4.78, 5) is 24.0. The molecule has 0 saturated heterocycles. The molecule has 1 aliphatic carbocycles. The molecule has 0 heterocycles. The minimum atomic E-state index is -4.46. The van der Waals surface area contributed by atoms with Gasteiger partial charge in [0.25, 0.3) is 0 Å². The lowest BCUT2D eigenvalue weighted by Gasteiger charge is -2.41. The maximum absolute atomic E-state index is 12.7.